The topological polar surface area (TPSA) is 102 Å². The van der Waals surface area contributed by atoms with E-state index in [4.69, 9.17) is 0 Å². The van der Waals surface area contributed by atoms with Gasteiger partial charge in [0.2, 0.25) is 0 Å². The van der Waals surface area contributed by atoms with Gasteiger partial charge >= 0.3 is 0 Å². The predicted molar refractivity (Wildman–Crippen MR) is 138 cm³/mol. The number of nitrogens with one attached hydrogen (secondary N) is 1. The molecule has 0 saturated carbocycles. The highest BCUT2D eigenvalue weighted by Gasteiger charge is 2.25. The molecule has 3 heterocycles. The fraction of sp³-hybridized carbons (Fsp3) is 0.269. The standard InChI is InChI=1S/C26H24N6O2S/c1-16(2)31-7-9-32(10-8-31)22-6-4-18(13-19(22)14-27)24-20-11-17(3-5-21(20)28-15-29-24)12-23-25(33)30-26(34)35-23/h3-6,11-13,15-16H,7-10H2,1-2H3,(H,30,33,34). The molecule has 2 amide bonds. The van der Waals surface area contributed by atoms with Crippen LogP contribution >= 0.6 is 11.8 Å². The number of nitriles is 1. The first kappa shape index (κ1) is 23.0. The average molecular weight is 485 g/mol. The van der Waals surface area contributed by atoms with Gasteiger partial charge in [0, 0.05) is 43.2 Å². The quantitative estimate of drug-likeness (QED) is 0.554. The first-order valence-electron chi connectivity index (χ1n) is 11.5. The smallest absolute Gasteiger partial charge is 0.290 e. The zero-order valence-electron chi connectivity index (χ0n) is 19.5. The number of aromatic nitrogens is 2. The number of carbonyl (C=O) groups excluding carboxylic acids is 2. The van der Waals surface area contributed by atoms with Gasteiger partial charge < -0.3 is 4.90 Å². The van der Waals surface area contributed by atoms with Crippen LogP contribution in [0.15, 0.2) is 47.6 Å². The second-order valence-corrected chi connectivity index (χ2v) is 9.83. The molecule has 3 aromatic rings. The minimum absolute atomic E-state index is 0.349. The van der Waals surface area contributed by atoms with Crippen molar-refractivity contribution in [1.29, 1.82) is 5.26 Å². The van der Waals surface area contributed by atoms with E-state index in [1.165, 1.54) is 6.33 Å². The molecule has 1 aromatic heterocycles. The van der Waals surface area contributed by atoms with E-state index in [0.717, 1.165) is 65.7 Å². The number of nitrogens with zero attached hydrogens (tertiary/aromatic N) is 5. The Bertz CT molecular complexity index is 1400. The van der Waals surface area contributed by atoms with E-state index in [0.29, 0.717) is 22.2 Å². The van der Waals surface area contributed by atoms with Crippen LogP contribution < -0.4 is 10.2 Å². The van der Waals surface area contributed by atoms with Crippen molar-refractivity contribution in [2.75, 3.05) is 31.1 Å². The molecule has 2 saturated heterocycles. The van der Waals surface area contributed by atoms with Gasteiger partial charge in [-0.05, 0) is 61.5 Å². The largest absolute Gasteiger partial charge is 0.368 e. The van der Waals surface area contributed by atoms with Crippen LogP contribution in [0.1, 0.15) is 25.0 Å². The Kier molecular flexibility index (Phi) is 6.24. The Balaban J connectivity index is 1.49. The van der Waals surface area contributed by atoms with Crippen LogP contribution in [0.2, 0.25) is 0 Å². The lowest BCUT2D eigenvalue weighted by atomic mass is 10.0. The van der Waals surface area contributed by atoms with E-state index in [2.05, 4.69) is 45.0 Å². The summed E-state index contributed by atoms with van der Waals surface area (Å²) in [6.07, 6.45) is 3.20. The second-order valence-electron chi connectivity index (χ2n) is 8.81. The lowest BCUT2D eigenvalue weighted by Crippen LogP contribution is -2.49. The molecule has 2 fully saturated rings. The summed E-state index contributed by atoms with van der Waals surface area (Å²) < 4.78 is 0. The van der Waals surface area contributed by atoms with E-state index in [1.807, 2.05) is 36.4 Å². The molecule has 176 valence electrons. The predicted octanol–water partition coefficient (Wildman–Crippen LogP) is 4.02. The Morgan fingerprint density at radius 1 is 1.09 bits per heavy atom. The molecule has 0 aliphatic carbocycles. The molecule has 0 spiro atoms. The third kappa shape index (κ3) is 4.63. The SMILES string of the molecule is CC(C)N1CCN(c2ccc(-c3ncnc4ccc(C=C5SC(=O)NC5=O)cc34)cc2C#N)CC1. The summed E-state index contributed by atoms with van der Waals surface area (Å²) in [5.41, 5.74) is 4.61. The van der Waals surface area contributed by atoms with Crippen molar-refractivity contribution in [2.45, 2.75) is 19.9 Å². The van der Waals surface area contributed by atoms with Crippen molar-refractivity contribution < 1.29 is 9.59 Å². The number of benzene rings is 2. The first-order valence-corrected chi connectivity index (χ1v) is 12.3. The van der Waals surface area contributed by atoms with E-state index >= 15 is 0 Å². The zero-order valence-corrected chi connectivity index (χ0v) is 20.3. The Hall–Kier alpha value is -3.74. The van der Waals surface area contributed by atoms with Crippen LogP contribution in [0.25, 0.3) is 28.2 Å². The van der Waals surface area contributed by atoms with Gasteiger partial charge in [0.25, 0.3) is 11.1 Å². The Morgan fingerprint density at radius 2 is 1.89 bits per heavy atom. The number of piperazine rings is 1. The highest BCUT2D eigenvalue weighted by molar-refractivity contribution is 8.18. The second kappa shape index (κ2) is 9.49. The van der Waals surface area contributed by atoms with Crippen LogP contribution in [0.5, 0.6) is 0 Å². The lowest BCUT2D eigenvalue weighted by Gasteiger charge is -2.38. The highest BCUT2D eigenvalue weighted by atomic mass is 32.2. The number of thioether (sulfide) groups is 1. The molecule has 1 N–H and O–H groups in total. The summed E-state index contributed by atoms with van der Waals surface area (Å²) in [6.45, 7) is 8.13. The lowest BCUT2D eigenvalue weighted by molar-refractivity contribution is -0.115. The molecular weight excluding hydrogens is 460 g/mol. The van der Waals surface area contributed by atoms with E-state index < -0.39 is 5.91 Å². The van der Waals surface area contributed by atoms with Gasteiger partial charge in [-0.25, -0.2) is 9.97 Å². The summed E-state index contributed by atoms with van der Waals surface area (Å²) in [4.78, 5) is 37.4. The van der Waals surface area contributed by atoms with Crippen LogP contribution in [0.4, 0.5) is 10.5 Å². The van der Waals surface area contributed by atoms with Gasteiger partial charge in [-0.2, -0.15) is 5.26 Å². The third-order valence-corrected chi connectivity index (χ3v) is 7.19. The minimum atomic E-state index is -0.395. The minimum Gasteiger partial charge on any atom is -0.368 e. The highest BCUT2D eigenvalue weighted by Crippen LogP contribution is 2.32. The van der Waals surface area contributed by atoms with Gasteiger partial charge in [0.15, 0.2) is 0 Å². The molecule has 0 radical (unpaired) electrons. The summed E-state index contributed by atoms with van der Waals surface area (Å²) in [7, 11) is 0. The van der Waals surface area contributed by atoms with Gasteiger partial charge in [0.1, 0.15) is 12.4 Å². The summed E-state index contributed by atoms with van der Waals surface area (Å²) in [5, 5.41) is 12.6. The van der Waals surface area contributed by atoms with Crippen molar-refractivity contribution in [1.82, 2.24) is 20.2 Å². The molecule has 2 aromatic carbocycles. The molecule has 8 nitrogen and oxygen atoms in total. The van der Waals surface area contributed by atoms with Crippen molar-refractivity contribution in [3.63, 3.8) is 0 Å². The van der Waals surface area contributed by atoms with Gasteiger partial charge in [-0.3, -0.25) is 19.8 Å². The van der Waals surface area contributed by atoms with Crippen LogP contribution in [-0.2, 0) is 4.79 Å². The van der Waals surface area contributed by atoms with Crippen molar-refractivity contribution in [3.8, 4) is 17.3 Å². The molecule has 35 heavy (non-hydrogen) atoms. The molecule has 0 unspecified atom stereocenters. The zero-order chi connectivity index (χ0) is 24.5. The number of anilines is 1. The first-order chi connectivity index (χ1) is 16.9. The number of carbonyl (C=O) groups is 2. The fourth-order valence-electron chi connectivity index (χ4n) is 4.49. The monoisotopic (exact) mass is 484 g/mol. The molecular formula is C26H24N6O2S. The number of hydrogen-bond donors (Lipinski definition) is 1. The summed E-state index contributed by atoms with van der Waals surface area (Å²) in [6, 6.07) is 14.4. The van der Waals surface area contributed by atoms with Crippen molar-refractivity contribution >= 4 is 45.6 Å². The number of amides is 2. The summed E-state index contributed by atoms with van der Waals surface area (Å²) >= 11 is 0.883. The maximum atomic E-state index is 11.9. The molecule has 5 rings (SSSR count). The van der Waals surface area contributed by atoms with Crippen molar-refractivity contribution in [2.24, 2.45) is 0 Å². The molecule has 2 aliphatic heterocycles. The van der Waals surface area contributed by atoms with Crippen LogP contribution in [0.3, 0.4) is 0 Å². The maximum absolute atomic E-state index is 11.9. The normalized spacial score (nSPS) is 17.9. The fourth-order valence-corrected chi connectivity index (χ4v) is 5.18. The van der Waals surface area contributed by atoms with Gasteiger partial charge in [-0.15, -0.1) is 0 Å². The van der Waals surface area contributed by atoms with E-state index in [9.17, 15) is 14.9 Å². The van der Waals surface area contributed by atoms with Crippen LogP contribution in [0, 0.1) is 11.3 Å². The Morgan fingerprint density at radius 3 is 2.57 bits per heavy atom. The molecule has 0 bridgehead atoms. The number of hydrogen-bond acceptors (Lipinski definition) is 8. The van der Waals surface area contributed by atoms with Crippen molar-refractivity contribution in [3.05, 3.63) is 58.8 Å². The van der Waals surface area contributed by atoms with Gasteiger partial charge in [0.05, 0.1) is 27.4 Å². The summed E-state index contributed by atoms with van der Waals surface area (Å²) in [5.74, 6) is -0.395. The number of imide groups is 1. The van der Waals surface area contributed by atoms with E-state index in [1.54, 1.807) is 6.08 Å². The average Bonchev–Trinajstić information content (AvgIpc) is 3.19. The number of rotatable bonds is 4. The van der Waals surface area contributed by atoms with Gasteiger partial charge in [-0.1, -0.05) is 12.1 Å². The molecule has 9 heteroatoms. The molecule has 2 aliphatic rings. The third-order valence-electron chi connectivity index (χ3n) is 6.37. The van der Waals surface area contributed by atoms with Crippen LogP contribution in [-0.4, -0.2) is 58.2 Å². The maximum Gasteiger partial charge on any atom is 0.290 e. The Labute approximate surface area is 207 Å². The molecule has 0 atom stereocenters. The number of fused-ring (bicyclic) bond motifs is 1. The van der Waals surface area contributed by atoms with E-state index in [-0.39, 0.29) is 5.24 Å².